The molecule has 0 unspecified atom stereocenters. The van der Waals surface area contributed by atoms with Gasteiger partial charge in [0.05, 0.1) is 45.7 Å². The molecule has 0 amide bonds. The first-order chi connectivity index (χ1) is 15.5. The van der Waals surface area contributed by atoms with E-state index in [1.165, 1.54) is 5.56 Å². The molecular weight excluding hydrogens is 446 g/mol. The number of hydrogen-bond acceptors (Lipinski definition) is 7. The number of likely N-dealkylation sites (N-methyl/N-ethyl adjacent to an activating group) is 1. The Hall–Kier alpha value is -2.97. The second-order valence-corrected chi connectivity index (χ2v) is 7.56. The van der Waals surface area contributed by atoms with Crippen molar-refractivity contribution in [2.24, 2.45) is 0 Å². The number of methoxy groups -OCH3 is 4. The topological polar surface area (TPSA) is 75.0 Å². The van der Waals surface area contributed by atoms with E-state index in [1.807, 2.05) is 12.1 Å². The second kappa shape index (κ2) is 12.3. The second-order valence-electron chi connectivity index (χ2n) is 7.56. The summed E-state index contributed by atoms with van der Waals surface area (Å²) in [5.41, 5.74) is 1.70. The third-order valence-corrected chi connectivity index (χ3v) is 5.50. The van der Waals surface area contributed by atoms with Crippen molar-refractivity contribution in [2.75, 3.05) is 48.6 Å². The van der Waals surface area contributed by atoms with E-state index in [2.05, 4.69) is 23.0 Å². The van der Waals surface area contributed by atoms with Crippen molar-refractivity contribution >= 4 is 23.3 Å². The minimum Gasteiger partial charge on any atom is -0.493 e. The van der Waals surface area contributed by atoms with Gasteiger partial charge in [-0.2, -0.15) is 0 Å². The number of nitrogens with zero attached hydrogens (tertiary/aromatic N) is 3. The van der Waals surface area contributed by atoms with Crippen LogP contribution in [0.4, 0.5) is 0 Å². The third kappa shape index (κ3) is 6.30. The molecule has 0 fully saturated rings. The van der Waals surface area contributed by atoms with Gasteiger partial charge in [-0.25, -0.2) is 4.98 Å². The molecule has 8 nitrogen and oxygen atoms in total. The van der Waals surface area contributed by atoms with Crippen LogP contribution >= 0.6 is 12.4 Å². The molecule has 0 spiro atoms. The van der Waals surface area contributed by atoms with Gasteiger partial charge in [-0.05, 0) is 50.2 Å². The lowest BCUT2D eigenvalue weighted by Gasteiger charge is -2.17. The smallest absolute Gasteiger partial charge is 0.261 e. The summed E-state index contributed by atoms with van der Waals surface area (Å²) >= 11 is 0. The van der Waals surface area contributed by atoms with E-state index < -0.39 is 0 Å². The molecule has 33 heavy (non-hydrogen) atoms. The summed E-state index contributed by atoms with van der Waals surface area (Å²) < 4.78 is 22.9. The summed E-state index contributed by atoms with van der Waals surface area (Å²) in [7, 11) is 8.47. The Labute approximate surface area is 200 Å². The predicted octanol–water partition coefficient (Wildman–Crippen LogP) is 3.42. The molecule has 0 radical (unpaired) electrons. The summed E-state index contributed by atoms with van der Waals surface area (Å²) in [6.07, 6.45) is 3.33. The number of hydrogen-bond donors (Lipinski definition) is 0. The normalized spacial score (nSPS) is 10.7. The maximum absolute atomic E-state index is 12.9. The Kier molecular flexibility index (Phi) is 9.81. The predicted molar refractivity (Wildman–Crippen MR) is 132 cm³/mol. The van der Waals surface area contributed by atoms with Crippen LogP contribution in [0.5, 0.6) is 23.0 Å². The van der Waals surface area contributed by atoms with Gasteiger partial charge in [-0.15, -0.1) is 12.4 Å². The van der Waals surface area contributed by atoms with Gasteiger partial charge in [0.1, 0.15) is 0 Å². The van der Waals surface area contributed by atoms with E-state index >= 15 is 0 Å². The number of aryl methyl sites for hydroxylation is 1. The highest BCUT2D eigenvalue weighted by molar-refractivity contribution is 5.85. The first-order valence-electron chi connectivity index (χ1n) is 10.5. The summed E-state index contributed by atoms with van der Waals surface area (Å²) in [4.78, 5) is 19.6. The zero-order valence-corrected chi connectivity index (χ0v) is 20.6. The van der Waals surface area contributed by atoms with Gasteiger partial charge < -0.3 is 23.8 Å². The fourth-order valence-electron chi connectivity index (χ4n) is 3.62. The highest BCUT2D eigenvalue weighted by Gasteiger charge is 2.11. The molecule has 0 saturated heterocycles. The van der Waals surface area contributed by atoms with Crippen molar-refractivity contribution in [3.8, 4) is 23.0 Å². The van der Waals surface area contributed by atoms with E-state index in [1.54, 1.807) is 51.5 Å². The zero-order chi connectivity index (χ0) is 23.1. The standard InChI is InChI=1S/C24H31N3O5.ClH/c1-26(12-9-17-7-8-20(29-2)21(13-17)30-3)10-6-11-27-16-25-19-15-23(32-5)22(31-4)14-18(19)24(27)28;/h7-8,13-16H,6,9-12H2,1-5H3;1H. The summed E-state index contributed by atoms with van der Waals surface area (Å²) in [6, 6.07) is 9.41. The van der Waals surface area contributed by atoms with E-state index in [4.69, 9.17) is 18.9 Å². The van der Waals surface area contributed by atoms with Crippen LogP contribution in [-0.4, -0.2) is 63.0 Å². The average Bonchev–Trinajstić information content (AvgIpc) is 2.83. The fraction of sp³-hybridized carbons (Fsp3) is 0.417. The maximum atomic E-state index is 12.9. The van der Waals surface area contributed by atoms with Gasteiger partial charge in [0.2, 0.25) is 0 Å². The Morgan fingerprint density at radius 2 is 1.52 bits per heavy atom. The molecule has 9 heteroatoms. The summed E-state index contributed by atoms with van der Waals surface area (Å²) in [5, 5.41) is 0.520. The maximum Gasteiger partial charge on any atom is 0.261 e. The lowest BCUT2D eigenvalue weighted by Crippen LogP contribution is -2.26. The summed E-state index contributed by atoms with van der Waals surface area (Å²) in [5.74, 6) is 2.55. The molecule has 1 heterocycles. The number of ether oxygens (including phenoxy) is 4. The molecule has 2 aromatic carbocycles. The highest BCUT2D eigenvalue weighted by atomic mass is 35.5. The molecule has 0 saturated carbocycles. The van der Waals surface area contributed by atoms with Crippen LogP contribution in [0.25, 0.3) is 10.9 Å². The molecule has 0 N–H and O–H groups in total. The van der Waals surface area contributed by atoms with Crippen LogP contribution in [-0.2, 0) is 13.0 Å². The van der Waals surface area contributed by atoms with E-state index in [0.717, 1.165) is 37.4 Å². The number of rotatable bonds is 11. The first-order valence-corrected chi connectivity index (χ1v) is 10.5. The minimum absolute atomic E-state index is 0. The molecule has 3 rings (SSSR count). The van der Waals surface area contributed by atoms with Gasteiger partial charge >= 0.3 is 0 Å². The highest BCUT2D eigenvalue weighted by Crippen LogP contribution is 2.30. The molecule has 3 aromatic rings. The van der Waals surface area contributed by atoms with Gasteiger partial charge in [-0.3, -0.25) is 9.36 Å². The van der Waals surface area contributed by atoms with Crippen molar-refractivity contribution in [2.45, 2.75) is 19.4 Å². The average molecular weight is 478 g/mol. The summed E-state index contributed by atoms with van der Waals surface area (Å²) in [6.45, 7) is 2.36. The van der Waals surface area contributed by atoms with E-state index in [0.29, 0.717) is 28.9 Å². The van der Waals surface area contributed by atoms with Crippen molar-refractivity contribution in [3.05, 3.63) is 52.6 Å². The molecule has 0 bridgehead atoms. The Morgan fingerprint density at radius 3 is 2.18 bits per heavy atom. The molecule has 0 aliphatic rings. The Morgan fingerprint density at radius 1 is 0.879 bits per heavy atom. The van der Waals surface area contributed by atoms with Gasteiger partial charge in [-0.1, -0.05) is 6.07 Å². The van der Waals surface area contributed by atoms with Crippen molar-refractivity contribution < 1.29 is 18.9 Å². The molecule has 0 aliphatic heterocycles. The number of aromatic nitrogens is 2. The van der Waals surface area contributed by atoms with E-state index in [-0.39, 0.29) is 18.0 Å². The fourth-order valence-corrected chi connectivity index (χ4v) is 3.62. The first kappa shape index (κ1) is 26.3. The molecule has 0 aliphatic carbocycles. The zero-order valence-electron chi connectivity index (χ0n) is 19.8. The molecule has 180 valence electrons. The molecule has 1 aromatic heterocycles. The van der Waals surface area contributed by atoms with Gasteiger partial charge in [0.15, 0.2) is 23.0 Å². The van der Waals surface area contributed by atoms with Crippen LogP contribution in [0.3, 0.4) is 0 Å². The van der Waals surface area contributed by atoms with Crippen LogP contribution in [0, 0.1) is 0 Å². The van der Waals surface area contributed by atoms with Crippen molar-refractivity contribution in [1.82, 2.24) is 14.5 Å². The Balaban J connectivity index is 0.00000385. The Bertz CT molecular complexity index is 1120. The monoisotopic (exact) mass is 477 g/mol. The number of halogens is 1. The van der Waals surface area contributed by atoms with Gasteiger partial charge in [0.25, 0.3) is 5.56 Å². The van der Waals surface area contributed by atoms with Gasteiger partial charge in [0, 0.05) is 19.2 Å². The van der Waals surface area contributed by atoms with Crippen LogP contribution < -0.4 is 24.5 Å². The lowest BCUT2D eigenvalue weighted by atomic mass is 10.1. The lowest BCUT2D eigenvalue weighted by molar-refractivity contribution is 0.323. The van der Waals surface area contributed by atoms with E-state index in [9.17, 15) is 4.79 Å². The van der Waals surface area contributed by atoms with Crippen LogP contribution in [0.15, 0.2) is 41.5 Å². The quantitative estimate of drug-likeness (QED) is 0.419. The largest absolute Gasteiger partial charge is 0.493 e. The molecular formula is C24H32ClN3O5. The third-order valence-electron chi connectivity index (χ3n) is 5.50. The van der Waals surface area contributed by atoms with Crippen molar-refractivity contribution in [3.63, 3.8) is 0 Å². The minimum atomic E-state index is -0.0797. The SMILES string of the molecule is COc1ccc(CCN(C)CCCn2cnc3cc(OC)c(OC)cc3c2=O)cc1OC.Cl. The number of fused-ring (bicyclic) bond motifs is 1. The van der Waals surface area contributed by atoms with Crippen LogP contribution in [0.2, 0.25) is 0 Å². The van der Waals surface area contributed by atoms with Crippen molar-refractivity contribution in [1.29, 1.82) is 0 Å². The molecule has 0 atom stereocenters. The van der Waals surface area contributed by atoms with Crippen LogP contribution in [0.1, 0.15) is 12.0 Å². The number of benzene rings is 2.